The lowest BCUT2D eigenvalue weighted by Crippen LogP contribution is -2.05. The van der Waals surface area contributed by atoms with E-state index in [9.17, 15) is 4.79 Å². The van der Waals surface area contributed by atoms with Crippen LogP contribution in [0.5, 0.6) is 0 Å². The Kier molecular flexibility index (Phi) is 3.24. The summed E-state index contributed by atoms with van der Waals surface area (Å²) in [6, 6.07) is 4.07. The molecule has 2 rings (SSSR count). The molecule has 0 radical (unpaired) electrons. The van der Waals surface area contributed by atoms with E-state index in [1.54, 1.807) is 23.7 Å². The largest absolute Gasteiger partial charge is 0.465 e. The summed E-state index contributed by atoms with van der Waals surface area (Å²) in [4.78, 5) is 18.0. The van der Waals surface area contributed by atoms with Gasteiger partial charge in [-0.2, -0.15) is 0 Å². The van der Waals surface area contributed by atoms with E-state index in [0.29, 0.717) is 5.56 Å². The molecule has 0 aromatic carbocycles. The fraction of sp³-hybridized carbons (Fsp3) is 0.231. The van der Waals surface area contributed by atoms with Gasteiger partial charge in [0.05, 0.1) is 12.7 Å². The van der Waals surface area contributed by atoms with E-state index in [-0.39, 0.29) is 5.97 Å². The molecule has 0 fully saturated rings. The van der Waals surface area contributed by atoms with Gasteiger partial charge in [0.2, 0.25) is 0 Å². The molecule has 0 aliphatic carbocycles. The van der Waals surface area contributed by atoms with Gasteiger partial charge in [0.15, 0.2) is 0 Å². The SMILES string of the molecule is COC(=O)c1cncc(C)c1-c1ccc(C)s1. The minimum Gasteiger partial charge on any atom is -0.465 e. The minimum atomic E-state index is -0.345. The average Bonchev–Trinajstić information content (AvgIpc) is 2.74. The molecule has 0 spiro atoms. The highest BCUT2D eigenvalue weighted by molar-refractivity contribution is 7.15. The van der Waals surface area contributed by atoms with Crippen LogP contribution in [0.2, 0.25) is 0 Å². The van der Waals surface area contributed by atoms with Gasteiger partial charge in [-0.1, -0.05) is 0 Å². The summed E-state index contributed by atoms with van der Waals surface area (Å²) in [6.45, 7) is 3.99. The number of nitrogens with zero attached hydrogens (tertiary/aromatic N) is 1. The average molecular weight is 247 g/mol. The summed E-state index contributed by atoms with van der Waals surface area (Å²) in [5, 5.41) is 0. The van der Waals surface area contributed by atoms with Crippen molar-refractivity contribution in [2.24, 2.45) is 0 Å². The van der Waals surface area contributed by atoms with Crippen molar-refractivity contribution in [1.29, 1.82) is 0 Å². The zero-order valence-corrected chi connectivity index (χ0v) is 10.8. The Morgan fingerprint density at radius 2 is 2.06 bits per heavy atom. The summed E-state index contributed by atoms with van der Waals surface area (Å²) in [5.74, 6) is -0.345. The maximum atomic E-state index is 11.7. The number of aryl methyl sites for hydroxylation is 2. The molecule has 17 heavy (non-hydrogen) atoms. The monoisotopic (exact) mass is 247 g/mol. The molecule has 2 aromatic heterocycles. The molecule has 0 amide bonds. The van der Waals surface area contributed by atoms with Crippen LogP contribution in [0.25, 0.3) is 10.4 Å². The molecule has 0 unspecified atom stereocenters. The van der Waals surface area contributed by atoms with Crippen molar-refractivity contribution in [2.75, 3.05) is 7.11 Å². The molecule has 2 aromatic rings. The van der Waals surface area contributed by atoms with Gasteiger partial charge in [0.1, 0.15) is 0 Å². The van der Waals surface area contributed by atoms with E-state index < -0.39 is 0 Å². The highest BCUT2D eigenvalue weighted by Crippen LogP contribution is 2.32. The van der Waals surface area contributed by atoms with Crippen molar-refractivity contribution in [1.82, 2.24) is 4.98 Å². The molecule has 0 aliphatic rings. The molecular formula is C13H13NO2S. The van der Waals surface area contributed by atoms with Crippen LogP contribution >= 0.6 is 11.3 Å². The number of hydrogen-bond donors (Lipinski definition) is 0. The normalized spacial score (nSPS) is 10.3. The first-order valence-corrected chi connectivity index (χ1v) is 6.05. The zero-order chi connectivity index (χ0) is 12.4. The van der Waals surface area contributed by atoms with Gasteiger partial charge in [-0.05, 0) is 31.5 Å². The summed E-state index contributed by atoms with van der Waals surface area (Å²) in [7, 11) is 1.38. The lowest BCUT2D eigenvalue weighted by atomic mass is 10.0. The summed E-state index contributed by atoms with van der Waals surface area (Å²) >= 11 is 1.66. The predicted molar refractivity (Wildman–Crippen MR) is 68.4 cm³/mol. The number of ether oxygens (including phenoxy) is 1. The third-order valence-corrected chi connectivity index (χ3v) is 3.55. The van der Waals surface area contributed by atoms with Crippen molar-refractivity contribution < 1.29 is 9.53 Å². The van der Waals surface area contributed by atoms with Crippen LogP contribution < -0.4 is 0 Å². The second-order valence-electron chi connectivity index (χ2n) is 3.78. The molecule has 0 bridgehead atoms. The predicted octanol–water partition coefficient (Wildman–Crippen LogP) is 3.21. The molecular weight excluding hydrogens is 234 g/mol. The number of esters is 1. The maximum Gasteiger partial charge on any atom is 0.340 e. The highest BCUT2D eigenvalue weighted by Gasteiger charge is 2.16. The molecule has 0 saturated carbocycles. The number of methoxy groups -OCH3 is 1. The van der Waals surface area contributed by atoms with Gasteiger partial charge < -0.3 is 4.74 Å². The first-order chi connectivity index (χ1) is 8.13. The second kappa shape index (κ2) is 4.67. The van der Waals surface area contributed by atoms with E-state index in [1.807, 2.05) is 26.0 Å². The molecule has 0 atom stereocenters. The lowest BCUT2D eigenvalue weighted by molar-refractivity contribution is 0.0601. The van der Waals surface area contributed by atoms with Crippen LogP contribution in [0.3, 0.4) is 0 Å². The minimum absolute atomic E-state index is 0.345. The van der Waals surface area contributed by atoms with Crippen molar-refractivity contribution in [3.63, 3.8) is 0 Å². The first-order valence-electron chi connectivity index (χ1n) is 5.23. The number of aromatic nitrogens is 1. The van der Waals surface area contributed by atoms with Crippen LogP contribution in [0.15, 0.2) is 24.5 Å². The number of thiophene rings is 1. The smallest absolute Gasteiger partial charge is 0.340 e. The number of hydrogen-bond acceptors (Lipinski definition) is 4. The second-order valence-corrected chi connectivity index (χ2v) is 5.07. The Balaban J connectivity index is 2.63. The number of pyridine rings is 1. The molecule has 2 heterocycles. The van der Waals surface area contributed by atoms with Crippen LogP contribution in [-0.4, -0.2) is 18.1 Å². The fourth-order valence-electron chi connectivity index (χ4n) is 1.73. The van der Waals surface area contributed by atoms with Gasteiger partial charge in [-0.15, -0.1) is 11.3 Å². The van der Waals surface area contributed by atoms with Crippen LogP contribution in [0.1, 0.15) is 20.8 Å². The van der Waals surface area contributed by atoms with Crippen LogP contribution in [0.4, 0.5) is 0 Å². The molecule has 0 aliphatic heterocycles. The van der Waals surface area contributed by atoms with E-state index in [1.165, 1.54) is 12.0 Å². The fourth-order valence-corrected chi connectivity index (χ4v) is 2.72. The van der Waals surface area contributed by atoms with Gasteiger partial charge >= 0.3 is 5.97 Å². The third-order valence-electron chi connectivity index (χ3n) is 2.53. The van der Waals surface area contributed by atoms with E-state index in [4.69, 9.17) is 4.74 Å². The summed E-state index contributed by atoms with van der Waals surface area (Å²) in [5.41, 5.74) is 2.43. The van der Waals surface area contributed by atoms with Gasteiger partial charge in [0.25, 0.3) is 0 Å². The Morgan fingerprint density at radius 3 is 2.65 bits per heavy atom. The molecule has 3 nitrogen and oxygen atoms in total. The standard InChI is InChI=1S/C13H13NO2S/c1-8-6-14-7-10(13(15)16-3)12(8)11-5-4-9(2)17-11/h4-7H,1-3H3. The summed E-state index contributed by atoms with van der Waals surface area (Å²) < 4.78 is 4.79. The summed E-state index contributed by atoms with van der Waals surface area (Å²) in [6.07, 6.45) is 3.32. The maximum absolute atomic E-state index is 11.7. The lowest BCUT2D eigenvalue weighted by Gasteiger charge is -2.08. The molecule has 0 saturated heterocycles. The Bertz CT molecular complexity index is 560. The third kappa shape index (κ3) is 2.22. The van der Waals surface area contributed by atoms with E-state index in [2.05, 4.69) is 4.98 Å². The number of rotatable bonds is 2. The molecule has 0 N–H and O–H groups in total. The zero-order valence-electron chi connectivity index (χ0n) is 9.98. The van der Waals surface area contributed by atoms with Gasteiger partial charge in [0, 0.05) is 27.7 Å². The van der Waals surface area contributed by atoms with Crippen LogP contribution in [0, 0.1) is 13.8 Å². The molecule has 88 valence electrons. The Hall–Kier alpha value is -1.68. The number of carbonyl (C=O) groups excluding carboxylic acids is 1. The molecule has 4 heteroatoms. The quantitative estimate of drug-likeness (QED) is 0.765. The van der Waals surface area contributed by atoms with Crippen molar-refractivity contribution in [2.45, 2.75) is 13.8 Å². The van der Waals surface area contributed by atoms with Crippen molar-refractivity contribution >= 4 is 17.3 Å². The highest BCUT2D eigenvalue weighted by atomic mass is 32.1. The van der Waals surface area contributed by atoms with Crippen molar-refractivity contribution in [3.05, 3.63) is 40.5 Å². The Labute approximate surface area is 104 Å². The van der Waals surface area contributed by atoms with E-state index >= 15 is 0 Å². The topological polar surface area (TPSA) is 39.2 Å². The number of carbonyl (C=O) groups is 1. The van der Waals surface area contributed by atoms with Gasteiger partial charge in [-0.3, -0.25) is 4.98 Å². The first kappa shape index (κ1) is 11.8. The van der Waals surface area contributed by atoms with E-state index in [0.717, 1.165) is 16.0 Å². The Morgan fingerprint density at radius 1 is 1.29 bits per heavy atom. The van der Waals surface area contributed by atoms with Gasteiger partial charge in [-0.25, -0.2) is 4.79 Å². The van der Waals surface area contributed by atoms with Crippen molar-refractivity contribution in [3.8, 4) is 10.4 Å². The van der Waals surface area contributed by atoms with Crippen LogP contribution in [-0.2, 0) is 4.74 Å².